The SMILES string of the molecule is C.CC(Cl)Cl.CC1(C)OB(c2cnn(-c3ccccc3)c2)OC1(C)C.Cn1c(=O)n(C2CCC(O[Si](C)(C)C(C)(C)C)CC2)c2c3cc(-c4cnn(-c5ccccc5)c4)ccc3ncc21.Cn1c(=O)n(C2CCC(O[Si](C)(C)C(C)(C)C)CC2)c2c3cc(Br)ccc3ncc21. The van der Waals surface area contributed by atoms with Crippen LogP contribution < -0.4 is 16.8 Å². The van der Waals surface area contributed by atoms with Crippen LogP contribution in [0.5, 0.6) is 0 Å². The van der Waals surface area contributed by atoms with Crippen molar-refractivity contribution in [3.8, 4) is 22.5 Å². The fourth-order valence-electron chi connectivity index (χ4n) is 12.3. The second kappa shape index (κ2) is 28.9. The molecule has 0 radical (unpaired) electrons. The summed E-state index contributed by atoms with van der Waals surface area (Å²) in [5, 5.41) is 11.4. The van der Waals surface area contributed by atoms with Crippen molar-refractivity contribution in [3.05, 3.63) is 160 Å². The predicted molar refractivity (Wildman–Crippen MR) is 402 cm³/mol. The van der Waals surface area contributed by atoms with Gasteiger partial charge in [-0.3, -0.25) is 28.2 Å². The van der Waals surface area contributed by atoms with Crippen LogP contribution in [-0.4, -0.2) is 99.8 Å². The van der Waals surface area contributed by atoms with Crippen LogP contribution in [0.15, 0.2) is 148 Å². The van der Waals surface area contributed by atoms with E-state index in [0.29, 0.717) is 6.10 Å². The van der Waals surface area contributed by atoms with Gasteiger partial charge in [0.2, 0.25) is 0 Å². The zero-order valence-electron chi connectivity index (χ0n) is 57.9. The molecule has 1 aliphatic heterocycles. The Morgan fingerprint density at radius 3 is 1.41 bits per heavy atom. The number of alkyl halides is 2. The van der Waals surface area contributed by atoms with Crippen molar-refractivity contribution in [2.24, 2.45) is 14.1 Å². The number of fused-ring (bicyclic) bond motifs is 6. The number of rotatable bonds is 10. The average Bonchev–Trinajstić information content (AvgIpc) is 1.61. The van der Waals surface area contributed by atoms with Crippen LogP contribution in [0.3, 0.4) is 0 Å². The van der Waals surface area contributed by atoms with E-state index in [9.17, 15) is 9.59 Å². The maximum atomic E-state index is 13.6. The number of para-hydroxylation sites is 2. The number of halogens is 3. The molecule has 16 nitrogen and oxygen atoms in total. The molecular formula is C73H98BBrCl2N10O6Si2. The Morgan fingerprint density at radius 2 is 0.979 bits per heavy atom. The van der Waals surface area contributed by atoms with Gasteiger partial charge in [0.05, 0.1) is 74.3 Å². The van der Waals surface area contributed by atoms with Gasteiger partial charge in [-0.05, 0) is 182 Å². The first-order valence-corrected chi connectivity index (χ1v) is 40.5. The topological polar surface area (TPSA) is 152 Å². The van der Waals surface area contributed by atoms with Crippen molar-refractivity contribution in [3.63, 3.8) is 0 Å². The lowest BCUT2D eigenvalue weighted by Gasteiger charge is -2.41. The summed E-state index contributed by atoms with van der Waals surface area (Å²) in [7, 11) is -0.261. The zero-order valence-corrected chi connectivity index (χ0v) is 63.0. The number of hydrogen-bond acceptors (Lipinski definition) is 10. The summed E-state index contributed by atoms with van der Waals surface area (Å²) in [6.07, 6.45) is 19.7. The number of aromatic nitrogens is 10. The van der Waals surface area contributed by atoms with Gasteiger partial charge in [0, 0.05) is 83.2 Å². The second-order valence-electron chi connectivity index (χ2n) is 29.6. The van der Waals surface area contributed by atoms with Gasteiger partial charge in [-0.25, -0.2) is 19.0 Å². The van der Waals surface area contributed by atoms with Gasteiger partial charge in [0.15, 0.2) is 16.6 Å². The van der Waals surface area contributed by atoms with Gasteiger partial charge < -0.3 is 18.2 Å². The minimum atomic E-state index is -1.83. The highest BCUT2D eigenvalue weighted by Crippen LogP contribution is 2.44. The predicted octanol–water partition coefficient (Wildman–Crippen LogP) is 18.0. The summed E-state index contributed by atoms with van der Waals surface area (Å²) in [6, 6.07) is 32.8. The van der Waals surface area contributed by atoms with Crippen LogP contribution in [0.1, 0.15) is 147 Å². The van der Waals surface area contributed by atoms with E-state index >= 15 is 0 Å². The van der Waals surface area contributed by atoms with Gasteiger partial charge >= 0.3 is 18.5 Å². The van der Waals surface area contributed by atoms with Crippen molar-refractivity contribution < 1.29 is 18.2 Å². The minimum absolute atomic E-state index is 0. The maximum absolute atomic E-state index is 13.6. The number of pyridine rings is 2. The first kappa shape index (κ1) is 73.3. The molecule has 2 saturated carbocycles. The van der Waals surface area contributed by atoms with Crippen LogP contribution in [0.25, 0.3) is 66.4 Å². The lowest BCUT2D eigenvalue weighted by atomic mass is 9.82. The van der Waals surface area contributed by atoms with Crippen molar-refractivity contribution in [1.82, 2.24) is 47.8 Å². The summed E-state index contributed by atoms with van der Waals surface area (Å²) < 4.78 is 37.7. The molecule has 13 rings (SSSR count). The van der Waals surface area contributed by atoms with Crippen LogP contribution in [0, 0.1) is 0 Å². The summed E-state index contributed by atoms with van der Waals surface area (Å²) >= 11 is 13.7. The third kappa shape index (κ3) is 15.8. The second-order valence-corrected chi connectivity index (χ2v) is 41.5. The van der Waals surface area contributed by atoms with E-state index in [1.807, 2.05) is 136 Å². The fourth-order valence-corrected chi connectivity index (χ4v) is 15.5. The van der Waals surface area contributed by atoms with Gasteiger partial charge in [0.1, 0.15) is 4.84 Å². The maximum Gasteiger partial charge on any atom is 0.498 e. The molecule has 3 fully saturated rings. The van der Waals surface area contributed by atoms with E-state index in [2.05, 4.69) is 151 Å². The Labute approximate surface area is 582 Å². The smallest absolute Gasteiger partial charge is 0.414 e. The van der Waals surface area contributed by atoms with E-state index in [-0.39, 0.29) is 70.2 Å². The van der Waals surface area contributed by atoms with Crippen molar-refractivity contribution in [2.45, 2.75) is 212 Å². The lowest BCUT2D eigenvalue weighted by molar-refractivity contribution is 0.00578. The number of benzene rings is 4. The molecule has 7 heterocycles. The van der Waals surface area contributed by atoms with Gasteiger partial charge in [-0.2, -0.15) is 10.2 Å². The van der Waals surface area contributed by atoms with Crippen LogP contribution in [0.4, 0.5) is 0 Å². The molecule has 0 atom stereocenters. The first-order chi connectivity index (χ1) is 44.1. The summed E-state index contributed by atoms with van der Waals surface area (Å²) in [5.41, 5.74) is 10.0. The molecule has 0 N–H and O–H groups in total. The number of aryl methyl sites for hydroxylation is 2. The Balaban J connectivity index is 0.000000170. The molecule has 22 heteroatoms. The average molecular weight is 1430 g/mol. The summed E-state index contributed by atoms with van der Waals surface area (Å²) in [6.45, 7) is 32.9. The molecule has 95 heavy (non-hydrogen) atoms. The number of nitrogens with zero attached hydrogens (tertiary/aromatic N) is 10. The van der Waals surface area contributed by atoms with Crippen molar-refractivity contribution in [1.29, 1.82) is 0 Å². The Bertz CT molecular complexity index is 4380. The Morgan fingerprint density at radius 1 is 0.579 bits per heavy atom. The monoisotopic (exact) mass is 1430 g/mol. The first-order valence-electron chi connectivity index (χ1n) is 33.0. The normalized spacial score (nSPS) is 19.1. The molecule has 4 aromatic carbocycles. The Hall–Kier alpha value is -5.94. The van der Waals surface area contributed by atoms with E-state index in [0.717, 1.165) is 128 Å². The van der Waals surface area contributed by atoms with Gasteiger partial charge in [-0.1, -0.05) is 107 Å². The van der Waals surface area contributed by atoms with Crippen LogP contribution in [0.2, 0.25) is 36.3 Å². The molecular weight excluding hydrogens is 1330 g/mol. The minimum Gasteiger partial charge on any atom is -0.414 e. The molecule has 3 aliphatic rings. The molecule has 0 unspecified atom stereocenters. The van der Waals surface area contributed by atoms with Crippen LogP contribution in [-0.2, 0) is 32.3 Å². The van der Waals surface area contributed by atoms with E-state index < -0.39 is 16.6 Å². The van der Waals surface area contributed by atoms with Crippen molar-refractivity contribution in [2.75, 3.05) is 0 Å². The molecule has 10 aromatic rings. The lowest BCUT2D eigenvalue weighted by Crippen LogP contribution is -2.45. The zero-order chi connectivity index (χ0) is 68.0. The molecule has 0 spiro atoms. The molecule has 0 amide bonds. The van der Waals surface area contributed by atoms with Crippen LogP contribution >= 0.6 is 39.1 Å². The van der Waals surface area contributed by atoms with Gasteiger partial charge in [-0.15, -0.1) is 23.2 Å². The quantitative estimate of drug-likeness (QED) is 0.0955. The highest BCUT2D eigenvalue weighted by Gasteiger charge is 2.52. The van der Waals surface area contributed by atoms with Gasteiger partial charge in [0.25, 0.3) is 0 Å². The summed E-state index contributed by atoms with van der Waals surface area (Å²) in [4.78, 5) is 35.9. The molecule has 1 saturated heterocycles. The molecule has 6 aromatic heterocycles. The number of hydrogen-bond donors (Lipinski definition) is 0. The number of imidazole rings is 2. The highest BCUT2D eigenvalue weighted by atomic mass is 79.9. The van der Waals surface area contributed by atoms with E-state index in [4.69, 9.17) is 46.3 Å². The third-order valence-electron chi connectivity index (χ3n) is 20.4. The fraction of sp³-hybridized carbons (Fsp3) is 0.479. The Kier molecular flexibility index (Phi) is 22.3. The third-order valence-corrected chi connectivity index (χ3v) is 30.0. The van der Waals surface area contributed by atoms with E-state index in [1.165, 1.54) is 0 Å². The molecule has 508 valence electrons. The molecule has 2 aliphatic carbocycles. The highest BCUT2D eigenvalue weighted by molar-refractivity contribution is 9.10. The molecule has 0 bridgehead atoms. The largest absolute Gasteiger partial charge is 0.498 e. The van der Waals surface area contributed by atoms with Crippen molar-refractivity contribution >= 4 is 112 Å². The van der Waals surface area contributed by atoms with E-state index in [1.54, 1.807) is 22.3 Å². The standard InChI is InChI=1S/C32H39N5O2Si.C23H32BrN3O2Si.C15H19BN2O2.C2H4Cl2.CH4/c1-32(2,3)40(5,6)39-26-15-13-25(14-16-26)37-30-27-18-22(12-17-28(27)33-20-29(30)35(4)31(37)38)23-19-34-36(21-23)24-10-8-7-9-11-24;1-23(2,3)30(5,6)29-17-10-8-16(9-11-17)27-21-18-13-15(24)7-12-19(18)25-14-20(21)26(4)22(27)28;1-14(2)15(3,4)20-16(19-14)12-10-17-18(11-12)13-8-6-5-7-9-13;1-2(3)4;/h7-12,17-21,25-26H,13-16H2,1-6H3;7,12-14,16-17H,8-11H2,1-6H3;5-11H,1-4H3;2H,1H3;1H4. The summed E-state index contributed by atoms with van der Waals surface area (Å²) in [5.74, 6) is 0.